The van der Waals surface area contributed by atoms with Gasteiger partial charge in [-0.3, -0.25) is 5.10 Å². The summed E-state index contributed by atoms with van der Waals surface area (Å²) in [6.45, 7) is 2.28. The zero-order valence-corrected chi connectivity index (χ0v) is 11.7. The molecular formula is C13H18ClN5. The van der Waals surface area contributed by atoms with E-state index in [0.717, 1.165) is 17.1 Å². The van der Waals surface area contributed by atoms with Crippen LogP contribution in [0.2, 0.25) is 5.28 Å². The van der Waals surface area contributed by atoms with E-state index in [2.05, 4.69) is 32.4 Å². The molecule has 3 rings (SSSR count). The van der Waals surface area contributed by atoms with Gasteiger partial charge >= 0.3 is 0 Å². The third kappa shape index (κ3) is 2.66. The molecule has 19 heavy (non-hydrogen) atoms. The van der Waals surface area contributed by atoms with E-state index >= 15 is 0 Å². The van der Waals surface area contributed by atoms with Gasteiger partial charge in [0, 0.05) is 6.04 Å². The predicted molar refractivity (Wildman–Crippen MR) is 76.4 cm³/mol. The Balaban J connectivity index is 1.76. The first-order chi connectivity index (χ1) is 9.26. The van der Waals surface area contributed by atoms with E-state index in [1.54, 1.807) is 6.20 Å². The van der Waals surface area contributed by atoms with Gasteiger partial charge in [-0.25, -0.2) is 0 Å². The monoisotopic (exact) mass is 279 g/mol. The molecule has 6 heteroatoms. The highest BCUT2D eigenvalue weighted by Gasteiger charge is 2.21. The number of aromatic amines is 1. The van der Waals surface area contributed by atoms with Crippen molar-refractivity contribution in [2.24, 2.45) is 5.92 Å². The average molecular weight is 280 g/mol. The van der Waals surface area contributed by atoms with Crippen molar-refractivity contribution in [3.05, 3.63) is 11.5 Å². The van der Waals surface area contributed by atoms with Crippen molar-refractivity contribution in [3.8, 4) is 0 Å². The van der Waals surface area contributed by atoms with Crippen molar-refractivity contribution in [3.63, 3.8) is 0 Å². The Labute approximate surface area is 117 Å². The number of nitrogens with zero attached hydrogens (tertiary/aromatic N) is 3. The van der Waals surface area contributed by atoms with E-state index in [-0.39, 0.29) is 5.28 Å². The van der Waals surface area contributed by atoms with Gasteiger partial charge in [0.05, 0.1) is 11.6 Å². The molecule has 0 radical (unpaired) electrons. The van der Waals surface area contributed by atoms with Crippen LogP contribution in [0.15, 0.2) is 6.20 Å². The molecule has 1 saturated carbocycles. The molecule has 0 bridgehead atoms. The second-order valence-electron chi connectivity index (χ2n) is 5.24. The molecule has 0 aromatic carbocycles. The number of aromatic nitrogens is 4. The molecule has 2 aromatic rings. The lowest BCUT2D eigenvalue weighted by Gasteiger charge is -2.28. The maximum absolute atomic E-state index is 5.93. The smallest absolute Gasteiger partial charge is 0.226 e. The van der Waals surface area contributed by atoms with E-state index in [4.69, 9.17) is 11.6 Å². The number of anilines is 1. The molecule has 102 valence electrons. The van der Waals surface area contributed by atoms with Crippen LogP contribution in [0.4, 0.5) is 5.82 Å². The first-order valence-electron chi connectivity index (χ1n) is 6.89. The molecular weight excluding hydrogens is 262 g/mol. The lowest BCUT2D eigenvalue weighted by atomic mass is 9.84. The van der Waals surface area contributed by atoms with Crippen LogP contribution in [0.3, 0.4) is 0 Å². The molecule has 1 fully saturated rings. The quantitative estimate of drug-likeness (QED) is 0.845. The first kappa shape index (κ1) is 12.7. The molecule has 0 aliphatic heterocycles. The summed E-state index contributed by atoms with van der Waals surface area (Å²) < 4.78 is 0. The average Bonchev–Trinajstić information content (AvgIpc) is 2.88. The van der Waals surface area contributed by atoms with Crippen molar-refractivity contribution in [1.82, 2.24) is 20.2 Å². The van der Waals surface area contributed by atoms with Gasteiger partial charge in [0.15, 0.2) is 5.65 Å². The molecule has 1 aliphatic carbocycles. The Morgan fingerprint density at radius 2 is 2.11 bits per heavy atom. The Kier molecular flexibility index (Phi) is 3.55. The fourth-order valence-corrected chi connectivity index (χ4v) is 3.00. The standard InChI is InChI=1S/C13H18ClN5/c1-2-8-3-5-9(6-4-8)16-11-10-7-15-19-12(10)18-13(14)17-11/h7-9H,2-6H2,1H3,(H2,15,16,17,18,19). The number of hydrogen-bond donors (Lipinski definition) is 2. The van der Waals surface area contributed by atoms with E-state index in [1.165, 1.54) is 32.1 Å². The fourth-order valence-electron chi connectivity index (χ4n) is 2.83. The molecule has 1 aliphatic rings. The number of nitrogens with one attached hydrogen (secondary N) is 2. The maximum Gasteiger partial charge on any atom is 0.226 e. The van der Waals surface area contributed by atoms with Crippen LogP contribution in [0, 0.1) is 5.92 Å². The lowest BCUT2D eigenvalue weighted by molar-refractivity contribution is 0.330. The number of H-pyrrole nitrogens is 1. The van der Waals surface area contributed by atoms with E-state index in [1.807, 2.05) is 0 Å². The molecule has 5 nitrogen and oxygen atoms in total. The van der Waals surface area contributed by atoms with Crippen LogP contribution in [0.1, 0.15) is 39.0 Å². The van der Waals surface area contributed by atoms with Gasteiger partial charge in [-0.15, -0.1) is 0 Å². The van der Waals surface area contributed by atoms with Gasteiger partial charge in [-0.2, -0.15) is 15.1 Å². The SMILES string of the molecule is CCC1CCC(Nc2nc(Cl)nc3[nH]ncc23)CC1. The van der Waals surface area contributed by atoms with Crippen LogP contribution >= 0.6 is 11.6 Å². The van der Waals surface area contributed by atoms with Gasteiger partial charge < -0.3 is 5.32 Å². The van der Waals surface area contributed by atoms with Crippen LogP contribution in [-0.2, 0) is 0 Å². The number of fused-ring (bicyclic) bond motifs is 1. The topological polar surface area (TPSA) is 66.5 Å². The molecule has 0 saturated heterocycles. The summed E-state index contributed by atoms with van der Waals surface area (Å²) in [7, 11) is 0. The minimum Gasteiger partial charge on any atom is -0.367 e. The van der Waals surface area contributed by atoms with E-state index in [0.29, 0.717) is 11.7 Å². The van der Waals surface area contributed by atoms with Crippen LogP contribution in [0.25, 0.3) is 11.0 Å². The van der Waals surface area contributed by atoms with Crippen molar-refractivity contribution >= 4 is 28.5 Å². The zero-order chi connectivity index (χ0) is 13.2. The second kappa shape index (κ2) is 5.33. The first-order valence-corrected chi connectivity index (χ1v) is 7.27. The Hall–Kier alpha value is -1.36. The summed E-state index contributed by atoms with van der Waals surface area (Å²) in [5.74, 6) is 1.68. The summed E-state index contributed by atoms with van der Waals surface area (Å²) in [6, 6.07) is 0.479. The summed E-state index contributed by atoms with van der Waals surface area (Å²) in [4.78, 5) is 8.40. The maximum atomic E-state index is 5.93. The third-order valence-corrected chi connectivity index (χ3v) is 4.22. The van der Waals surface area contributed by atoms with E-state index in [9.17, 15) is 0 Å². The van der Waals surface area contributed by atoms with Gasteiger partial charge in [0.1, 0.15) is 5.82 Å². The highest BCUT2D eigenvalue weighted by Crippen LogP contribution is 2.29. The highest BCUT2D eigenvalue weighted by atomic mass is 35.5. The van der Waals surface area contributed by atoms with Crippen molar-refractivity contribution in [2.75, 3.05) is 5.32 Å². The van der Waals surface area contributed by atoms with Crippen LogP contribution in [-0.4, -0.2) is 26.2 Å². The molecule has 0 amide bonds. The molecule has 2 heterocycles. The lowest BCUT2D eigenvalue weighted by Crippen LogP contribution is -2.26. The van der Waals surface area contributed by atoms with Crippen molar-refractivity contribution < 1.29 is 0 Å². The summed E-state index contributed by atoms with van der Waals surface area (Å²) >= 11 is 5.93. The molecule has 0 unspecified atom stereocenters. The fraction of sp³-hybridized carbons (Fsp3) is 0.615. The normalized spacial score (nSPS) is 23.7. The minimum absolute atomic E-state index is 0.251. The summed E-state index contributed by atoms with van der Waals surface area (Å²) in [5, 5.41) is 11.5. The van der Waals surface area contributed by atoms with Crippen LogP contribution in [0.5, 0.6) is 0 Å². The van der Waals surface area contributed by atoms with Gasteiger partial charge in [-0.1, -0.05) is 13.3 Å². The predicted octanol–water partition coefficient (Wildman–Crippen LogP) is 3.39. The molecule has 0 atom stereocenters. The third-order valence-electron chi connectivity index (χ3n) is 4.05. The second-order valence-corrected chi connectivity index (χ2v) is 5.58. The molecule has 2 aromatic heterocycles. The number of halogens is 1. The van der Waals surface area contributed by atoms with Crippen molar-refractivity contribution in [2.45, 2.75) is 45.1 Å². The van der Waals surface area contributed by atoms with Crippen molar-refractivity contribution in [1.29, 1.82) is 0 Å². The Bertz CT molecular complexity index is 559. The highest BCUT2D eigenvalue weighted by molar-refractivity contribution is 6.28. The van der Waals surface area contributed by atoms with Gasteiger partial charge in [0.25, 0.3) is 0 Å². The largest absolute Gasteiger partial charge is 0.367 e. The number of hydrogen-bond acceptors (Lipinski definition) is 4. The molecule has 0 spiro atoms. The zero-order valence-electron chi connectivity index (χ0n) is 11.0. The Morgan fingerprint density at radius 3 is 2.84 bits per heavy atom. The number of rotatable bonds is 3. The van der Waals surface area contributed by atoms with E-state index < -0.39 is 0 Å². The minimum atomic E-state index is 0.251. The molecule has 2 N–H and O–H groups in total. The summed E-state index contributed by atoms with van der Waals surface area (Å²) in [5.41, 5.74) is 0.685. The van der Waals surface area contributed by atoms with Crippen LogP contribution < -0.4 is 5.32 Å². The van der Waals surface area contributed by atoms with Gasteiger partial charge in [-0.05, 0) is 43.2 Å². The van der Waals surface area contributed by atoms with Gasteiger partial charge in [0.2, 0.25) is 5.28 Å². The summed E-state index contributed by atoms with van der Waals surface area (Å²) in [6.07, 6.45) is 8.01. The Morgan fingerprint density at radius 1 is 1.32 bits per heavy atom.